The van der Waals surface area contributed by atoms with E-state index in [9.17, 15) is 0 Å². The topological polar surface area (TPSA) is 77.3 Å². The molecule has 18 bridgehead atoms. The van der Waals surface area contributed by atoms with E-state index in [1.807, 2.05) is 0 Å². The smallest absolute Gasteiger partial charge is 0.164 e. The summed E-state index contributed by atoms with van der Waals surface area (Å²) in [6.07, 6.45) is 7.87. The molecule has 6 nitrogen and oxygen atoms in total. The summed E-state index contributed by atoms with van der Waals surface area (Å²) in [5, 5.41) is 0. The zero-order chi connectivity index (χ0) is 35.8. The molecular formula is C48H34N6. The first-order chi connectivity index (χ1) is 26.6. The van der Waals surface area contributed by atoms with E-state index in [0.717, 1.165) is 70.2 Å². The van der Waals surface area contributed by atoms with Gasteiger partial charge in [-0.25, -0.2) is 29.9 Å². The van der Waals surface area contributed by atoms with Crippen molar-refractivity contribution in [3.8, 4) is 68.3 Å². The van der Waals surface area contributed by atoms with Gasteiger partial charge in [0.25, 0.3) is 0 Å². The average Bonchev–Trinajstić information content (AvgIpc) is 3.24. The molecule has 21 aliphatic heterocycles. The summed E-state index contributed by atoms with van der Waals surface area (Å²) in [6, 6.07) is 51.2. The number of benzene rings is 6. The molecule has 23 heterocycles. The molecule has 29 rings (SSSR count). The van der Waals surface area contributed by atoms with Crippen LogP contribution in [0.5, 0.6) is 0 Å². The van der Waals surface area contributed by atoms with Gasteiger partial charge in [-0.3, -0.25) is 0 Å². The number of hydrogen-bond donors (Lipinski definition) is 0. The number of rotatable bonds is 0. The normalized spacial score (nSPS) is 13.4. The Hall–Kier alpha value is -6.92. The lowest BCUT2D eigenvalue weighted by atomic mass is 10.0. The third-order valence-corrected chi connectivity index (χ3v) is 10.3. The Bertz CT molecular complexity index is 2330. The Balaban J connectivity index is 1.17. The number of aryl methyl sites for hydroxylation is 4. The minimum atomic E-state index is 0.647. The summed E-state index contributed by atoms with van der Waals surface area (Å²) in [4.78, 5) is 30.1. The van der Waals surface area contributed by atoms with E-state index in [1.165, 1.54) is 22.3 Å². The molecule has 0 saturated carbocycles. The lowest BCUT2D eigenvalue weighted by Crippen LogP contribution is -2.01. The highest BCUT2D eigenvalue weighted by atomic mass is 15.0. The third-order valence-electron chi connectivity index (χ3n) is 10.3. The fourth-order valence-electron chi connectivity index (χ4n) is 7.06. The van der Waals surface area contributed by atoms with Crippen LogP contribution in [0.15, 0.2) is 146 Å². The molecule has 8 aromatic rings. The van der Waals surface area contributed by atoms with Crippen molar-refractivity contribution in [2.45, 2.75) is 25.7 Å². The molecule has 0 radical (unpaired) electrons. The van der Waals surface area contributed by atoms with Gasteiger partial charge in [0.15, 0.2) is 34.9 Å². The molecule has 0 unspecified atom stereocenters. The lowest BCUT2D eigenvalue weighted by molar-refractivity contribution is 0.958. The molecule has 0 atom stereocenters. The van der Waals surface area contributed by atoms with Crippen LogP contribution < -0.4 is 0 Å². The van der Waals surface area contributed by atoms with Gasteiger partial charge in [-0.1, -0.05) is 158 Å². The molecular weight excluding hydrogens is 661 g/mol. The Kier molecular flexibility index (Phi) is 7.99. The van der Waals surface area contributed by atoms with Crippen molar-refractivity contribution in [3.63, 3.8) is 0 Å². The van der Waals surface area contributed by atoms with E-state index in [-0.39, 0.29) is 0 Å². The molecule has 0 spiro atoms. The van der Waals surface area contributed by atoms with Crippen LogP contribution in [0.2, 0.25) is 0 Å². The first-order valence-corrected chi connectivity index (χ1v) is 18.4. The fraction of sp³-hybridized carbons (Fsp3) is 0.0833. The summed E-state index contributed by atoms with van der Waals surface area (Å²) in [7, 11) is 0. The van der Waals surface area contributed by atoms with Crippen LogP contribution in [0.1, 0.15) is 33.4 Å². The summed E-state index contributed by atoms with van der Waals surface area (Å²) in [5.74, 6) is 3.92. The first kappa shape index (κ1) is 31.8. The number of hydrogen-bond acceptors (Lipinski definition) is 6. The van der Waals surface area contributed by atoms with Crippen molar-refractivity contribution in [3.05, 3.63) is 179 Å². The predicted molar refractivity (Wildman–Crippen MR) is 216 cm³/mol. The minimum absolute atomic E-state index is 0.647. The van der Waals surface area contributed by atoms with E-state index in [4.69, 9.17) is 29.9 Å². The van der Waals surface area contributed by atoms with Crippen molar-refractivity contribution in [2.24, 2.45) is 0 Å². The second-order valence-electron chi connectivity index (χ2n) is 14.0. The molecule has 0 saturated heterocycles. The SMILES string of the molecule is C1=C\c2ccc(cc2)-c2nc3nc(n2)-c2ccc(cc2)CCc2ccc(cc2)-c2nc(nc(n2)-c2ccc(cc2)CCc2ccc-3cc2)-c2ccc/1cc2. The molecule has 2 aromatic heterocycles. The van der Waals surface area contributed by atoms with Crippen molar-refractivity contribution >= 4 is 12.2 Å². The Labute approximate surface area is 314 Å². The van der Waals surface area contributed by atoms with E-state index in [1.54, 1.807) is 0 Å². The van der Waals surface area contributed by atoms with Crippen molar-refractivity contribution in [2.75, 3.05) is 0 Å². The highest BCUT2D eigenvalue weighted by molar-refractivity contribution is 5.74. The molecule has 21 aliphatic rings. The molecule has 6 aromatic carbocycles. The second-order valence-corrected chi connectivity index (χ2v) is 14.0. The Morgan fingerprint density at radius 2 is 0.407 bits per heavy atom. The number of nitrogens with zero attached hydrogens (tertiary/aromatic N) is 6. The fourth-order valence-corrected chi connectivity index (χ4v) is 7.06. The largest absolute Gasteiger partial charge is 0.208 e. The second kappa shape index (κ2) is 13.6. The third kappa shape index (κ3) is 6.50. The van der Waals surface area contributed by atoms with Gasteiger partial charge in [0.2, 0.25) is 0 Å². The number of aromatic nitrogens is 6. The highest BCUT2D eigenvalue weighted by Crippen LogP contribution is 2.29. The molecule has 256 valence electrons. The van der Waals surface area contributed by atoms with Gasteiger partial charge >= 0.3 is 0 Å². The zero-order valence-corrected chi connectivity index (χ0v) is 29.5. The molecule has 0 fully saturated rings. The van der Waals surface area contributed by atoms with Crippen LogP contribution in [0.3, 0.4) is 0 Å². The maximum absolute atomic E-state index is 5.02. The summed E-state index contributed by atoms with van der Waals surface area (Å²) in [6.45, 7) is 0. The van der Waals surface area contributed by atoms with Crippen LogP contribution in [-0.4, -0.2) is 29.9 Å². The van der Waals surface area contributed by atoms with Gasteiger partial charge in [0.05, 0.1) is 0 Å². The minimum Gasteiger partial charge on any atom is -0.208 e. The standard InChI is InChI=1S/C48H34N6/c1-2-32-9-21-38(22-10-32)44-51-47-41-27-15-35(16-28-41)5-3-33-11-23-39(24-12-33)45-49-43(37-19-7-31(1)8-20-37)50-46(53-45)40-25-13-34(14-26-40)4-6-36-17-29-42(30-18-36)48(52-44)54-47/h1-2,7-30H,3-6H2/b2-1-. The van der Waals surface area contributed by atoms with Crippen LogP contribution in [0.25, 0.3) is 80.5 Å². The van der Waals surface area contributed by atoms with Gasteiger partial charge < -0.3 is 0 Å². The highest BCUT2D eigenvalue weighted by Gasteiger charge is 2.15. The van der Waals surface area contributed by atoms with Gasteiger partial charge in [0.1, 0.15) is 0 Å². The maximum Gasteiger partial charge on any atom is 0.164 e. The van der Waals surface area contributed by atoms with Gasteiger partial charge in [-0.05, 0) is 59.1 Å². The zero-order valence-electron chi connectivity index (χ0n) is 29.5. The molecule has 6 heteroatoms. The maximum atomic E-state index is 5.02. The van der Waals surface area contributed by atoms with Crippen molar-refractivity contribution in [1.82, 2.24) is 29.9 Å². The molecule has 0 aliphatic carbocycles. The summed E-state index contributed by atoms with van der Waals surface area (Å²) in [5.41, 5.74) is 12.9. The van der Waals surface area contributed by atoms with Crippen molar-refractivity contribution < 1.29 is 0 Å². The Morgan fingerprint density at radius 1 is 0.222 bits per heavy atom. The van der Waals surface area contributed by atoms with Gasteiger partial charge in [-0.15, -0.1) is 0 Å². The summed E-state index contributed by atoms with van der Waals surface area (Å²) < 4.78 is 0. The Morgan fingerprint density at radius 3 is 0.611 bits per heavy atom. The molecule has 54 heavy (non-hydrogen) atoms. The van der Waals surface area contributed by atoms with Gasteiger partial charge in [0, 0.05) is 33.4 Å². The van der Waals surface area contributed by atoms with Crippen LogP contribution >= 0.6 is 0 Å². The average molecular weight is 695 g/mol. The monoisotopic (exact) mass is 694 g/mol. The van der Waals surface area contributed by atoms with E-state index >= 15 is 0 Å². The van der Waals surface area contributed by atoms with E-state index in [0.29, 0.717) is 34.9 Å². The predicted octanol–water partition coefficient (Wildman–Crippen LogP) is 10.4. The quantitative estimate of drug-likeness (QED) is 0.157. The van der Waals surface area contributed by atoms with E-state index < -0.39 is 0 Å². The molecule has 0 N–H and O–H groups in total. The summed E-state index contributed by atoms with van der Waals surface area (Å²) >= 11 is 0. The van der Waals surface area contributed by atoms with Gasteiger partial charge in [-0.2, -0.15) is 0 Å². The van der Waals surface area contributed by atoms with Crippen LogP contribution in [-0.2, 0) is 25.7 Å². The van der Waals surface area contributed by atoms with Crippen LogP contribution in [0, 0.1) is 0 Å². The van der Waals surface area contributed by atoms with Crippen molar-refractivity contribution in [1.29, 1.82) is 0 Å². The first-order valence-electron chi connectivity index (χ1n) is 18.4. The molecule has 0 amide bonds. The van der Waals surface area contributed by atoms with Crippen LogP contribution in [0.4, 0.5) is 0 Å². The lowest BCUT2D eigenvalue weighted by Gasteiger charge is -2.11. The van der Waals surface area contributed by atoms with E-state index in [2.05, 4.69) is 158 Å².